The molecule has 0 bridgehead atoms. The standard InChI is InChI=1S/C28H32F3N5O4S/c1-3-14-32-27(40)36-21-13-10-18(28(29,30)31)15-20(21)26(39)33-16-24(37)34-22-6-4-5-7-23(22)35-25(38)17-8-11-19(41-2)12-9-17/h3,8-13,15,22-23H,1,4-7,14,16H2,2H3,(H,33,39)(H,34,37)(H,35,38)(H2,32,36,40). The van der Waals surface area contributed by atoms with Crippen molar-refractivity contribution in [3.63, 3.8) is 0 Å². The summed E-state index contributed by atoms with van der Waals surface area (Å²) in [6.07, 6.45) is 1.57. The predicted octanol–water partition coefficient (Wildman–Crippen LogP) is 4.32. The van der Waals surface area contributed by atoms with E-state index in [0.29, 0.717) is 24.5 Å². The molecular weight excluding hydrogens is 559 g/mol. The van der Waals surface area contributed by atoms with Crippen LogP contribution in [0.15, 0.2) is 60.0 Å². The zero-order valence-electron chi connectivity index (χ0n) is 22.4. The second-order valence-corrected chi connectivity index (χ2v) is 10.2. The molecule has 5 amide bonds. The topological polar surface area (TPSA) is 128 Å². The van der Waals surface area contributed by atoms with Crippen molar-refractivity contribution in [1.29, 1.82) is 0 Å². The Kier molecular flexibility index (Phi) is 11.2. The summed E-state index contributed by atoms with van der Waals surface area (Å²) in [4.78, 5) is 51.4. The number of nitrogens with one attached hydrogen (secondary N) is 5. The van der Waals surface area contributed by atoms with Crippen molar-refractivity contribution in [2.24, 2.45) is 0 Å². The summed E-state index contributed by atoms with van der Waals surface area (Å²) in [5.41, 5.74) is -1.22. The molecule has 0 radical (unpaired) electrons. The molecule has 2 aromatic carbocycles. The Hall–Kier alpha value is -4.00. The first-order valence-electron chi connectivity index (χ1n) is 12.9. The summed E-state index contributed by atoms with van der Waals surface area (Å²) >= 11 is 1.56. The minimum atomic E-state index is -4.73. The van der Waals surface area contributed by atoms with Crippen LogP contribution >= 0.6 is 11.8 Å². The van der Waals surface area contributed by atoms with Crippen LogP contribution in [0.1, 0.15) is 52.0 Å². The van der Waals surface area contributed by atoms with Gasteiger partial charge in [-0.3, -0.25) is 14.4 Å². The Labute approximate surface area is 240 Å². The van der Waals surface area contributed by atoms with E-state index in [9.17, 15) is 32.3 Å². The van der Waals surface area contributed by atoms with E-state index in [-0.39, 0.29) is 30.2 Å². The molecule has 5 N–H and O–H groups in total. The average molecular weight is 592 g/mol. The maximum atomic E-state index is 13.3. The summed E-state index contributed by atoms with van der Waals surface area (Å²) in [6, 6.07) is 8.00. The summed E-state index contributed by atoms with van der Waals surface area (Å²) in [5.74, 6) is -1.81. The Morgan fingerprint density at radius 3 is 2.22 bits per heavy atom. The Morgan fingerprint density at radius 2 is 1.61 bits per heavy atom. The van der Waals surface area contributed by atoms with E-state index in [4.69, 9.17) is 0 Å². The number of rotatable bonds is 10. The van der Waals surface area contributed by atoms with Gasteiger partial charge >= 0.3 is 12.2 Å². The summed E-state index contributed by atoms with van der Waals surface area (Å²) in [5, 5.41) is 12.8. The fraction of sp³-hybridized carbons (Fsp3) is 0.357. The Bertz CT molecular complexity index is 1270. The predicted molar refractivity (Wildman–Crippen MR) is 151 cm³/mol. The molecule has 220 valence electrons. The largest absolute Gasteiger partial charge is 0.416 e. The second-order valence-electron chi connectivity index (χ2n) is 9.33. The van der Waals surface area contributed by atoms with E-state index in [1.54, 1.807) is 23.9 Å². The number of benzene rings is 2. The Morgan fingerprint density at radius 1 is 0.951 bits per heavy atom. The maximum Gasteiger partial charge on any atom is 0.416 e. The van der Waals surface area contributed by atoms with E-state index in [2.05, 4.69) is 33.2 Å². The van der Waals surface area contributed by atoms with Gasteiger partial charge in [-0.2, -0.15) is 13.2 Å². The molecule has 1 aliphatic rings. The number of carbonyl (C=O) groups excluding carboxylic acids is 4. The van der Waals surface area contributed by atoms with Gasteiger partial charge in [0.05, 0.1) is 23.4 Å². The van der Waals surface area contributed by atoms with Crippen LogP contribution in [0.4, 0.5) is 23.7 Å². The molecular formula is C28H32F3N5O4S. The number of urea groups is 1. The van der Waals surface area contributed by atoms with E-state index >= 15 is 0 Å². The van der Waals surface area contributed by atoms with E-state index in [1.165, 1.54) is 6.08 Å². The smallest absolute Gasteiger partial charge is 0.350 e. The van der Waals surface area contributed by atoms with Crippen molar-refractivity contribution >= 4 is 41.2 Å². The van der Waals surface area contributed by atoms with Gasteiger partial charge in [-0.15, -0.1) is 18.3 Å². The monoisotopic (exact) mass is 591 g/mol. The molecule has 0 spiro atoms. The number of alkyl halides is 3. The number of amides is 5. The molecule has 0 aliphatic heterocycles. The van der Waals surface area contributed by atoms with Gasteiger partial charge in [0.1, 0.15) is 0 Å². The van der Waals surface area contributed by atoms with E-state index in [1.807, 2.05) is 18.4 Å². The lowest BCUT2D eigenvalue weighted by molar-refractivity contribution is -0.137. The van der Waals surface area contributed by atoms with Crippen LogP contribution in [0.5, 0.6) is 0 Å². The van der Waals surface area contributed by atoms with Crippen molar-refractivity contribution in [3.05, 3.63) is 71.8 Å². The van der Waals surface area contributed by atoms with Gasteiger partial charge in [-0.25, -0.2) is 4.79 Å². The maximum absolute atomic E-state index is 13.3. The normalized spacial score (nSPS) is 16.7. The third-order valence-electron chi connectivity index (χ3n) is 6.44. The van der Waals surface area contributed by atoms with Gasteiger partial charge in [-0.1, -0.05) is 18.9 Å². The quantitative estimate of drug-likeness (QED) is 0.208. The van der Waals surface area contributed by atoms with Crippen LogP contribution < -0.4 is 26.6 Å². The van der Waals surface area contributed by atoms with E-state index < -0.39 is 41.7 Å². The molecule has 1 saturated carbocycles. The number of anilines is 1. The van der Waals surface area contributed by atoms with Crippen LogP contribution in [0.25, 0.3) is 0 Å². The summed E-state index contributed by atoms with van der Waals surface area (Å²) < 4.78 is 39.9. The fourth-order valence-corrected chi connectivity index (χ4v) is 4.74. The Balaban J connectivity index is 1.63. The minimum absolute atomic E-state index is 0.0983. The molecule has 13 heteroatoms. The van der Waals surface area contributed by atoms with Gasteiger partial charge in [0.25, 0.3) is 11.8 Å². The molecule has 2 unspecified atom stereocenters. The van der Waals surface area contributed by atoms with Crippen LogP contribution in [0, 0.1) is 0 Å². The number of hydrogen-bond donors (Lipinski definition) is 5. The number of hydrogen-bond acceptors (Lipinski definition) is 5. The molecule has 2 aromatic rings. The fourth-order valence-electron chi connectivity index (χ4n) is 4.33. The highest BCUT2D eigenvalue weighted by Gasteiger charge is 2.32. The number of thioether (sulfide) groups is 1. The SMILES string of the molecule is C=CCNC(=O)Nc1ccc(C(F)(F)F)cc1C(=O)NCC(=O)NC1CCCCC1NC(=O)c1ccc(SC)cc1. The van der Waals surface area contributed by atoms with Gasteiger partial charge in [0.2, 0.25) is 5.91 Å². The van der Waals surface area contributed by atoms with Crippen molar-refractivity contribution in [3.8, 4) is 0 Å². The van der Waals surface area contributed by atoms with Gasteiger partial charge in [0, 0.05) is 29.1 Å². The van der Waals surface area contributed by atoms with Gasteiger partial charge in [-0.05, 0) is 61.6 Å². The first kappa shape index (κ1) is 31.5. The molecule has 41 heavy (non-hydrogen) atoms. The van der Waals surface area contributed by atoms with Crippen molar-refractivity contribution in [2.75, 3.05) is 24.7 Å². The minimum Gasteiger partial charge on any atom is -0.350 e. The molecule has 1 fully saturated rings. The van der Waals surface area contributed by atoms with Crippen molar-refractivity contribution in [1.82, 2.24) is 21.3 Å². The zero-order chi connectivity index (χ0) is 30.0. The molecule has 2 atom stereocenters. The van der Waals surface area contributed by atoms with Crippen molar-refractivity contribution in [2.45, 2.75) is 48.8 Å². The van der Waals surface area contributed by atoms with E-state index in [0.717, 1.165) is 29.9 Å². The molecule has 0 saturated heterocycles. The molecule has 3 rings (SSSR count). The third kappa shape index (κ3) is 9.27. The average Bonchev–Trinajstić information content (AvgIpc) is 2.95. The highest BCUT2D eigenvalue weighted by molar-refractivity contribution is 7.98. The highest BCUT2D eigenvalue weighted by atomic mass is 32.2. The van der Waals surface area contributed by atoms with Gasteiger partial charge in [0.15, 0.2) is 0 Å². The third-order valence-corrected chi connectivity index (χ3v) is 7.18. The lowest BCUT2D eigenvalue weighted by Crippen LogP contribution is -2.54. The summed E-state index contributed by atoms with van der Waals surface area (Å²) in [6.45, 7) is 3.03. The first-order valence-corrected chi connectivity index (χ1v) is 14.1. The second kappa shape index (κ2) is 14.6. The molecule has 0 heterocycles. The van der Waals surface area contributed by atoms with Crippen LogP contribution in [0.2, 0.25) is 0 Å². The van der Waals surface area contributed by atoms with Crippen molar-refractivity contribution < 1.29 is 32.3 Å². The zero-order valence-corrected chi connectivity index (χ0v) is 23.2. The van der Waals surface area contributed by atoms with Crippen LogP contribution in [0.3, 0.4) is 0 Å². The number of halogens is 3. The first-order chi connectivity index (χ1) is 19.5. The molecule has 0 aromatic heterocycles. The summed E-state index contributed by atoms with van der Waals surface area (Å²) in [7, 11) is 0. The van der Waals surface area contributed by atoms with Crippen LogP contribution in [-0.4, -0.2) is 55.2 Å². The number of carbonyl (C=O) groups is 4. The molecule has 9 nitrogen and oxygen atoms in total. The highest BCUT2D eigenvalue weighted by Crippen LogP contribution is 2.32. The van der Waals surface area contributed by atoms with Crippen LogP contribution in [-0.2, 0) is 11.0 Å². The van der Waals surface area contributed by atoms with Gasteiger partial charge < -0.3 is 26.6 Å². The lowest BCUT2D eigenvalue weighted by atomic mass is 9.90. The lowest BCUT2D eigenvalue weighted by Gasteiger charge is -2.33. The molecule has 1 aliphatic carbocycles.